The monoisotopic (exact) mass is 488 g/mol. The molecule has 0 bridgehead atoms. The molecule has 1 aromatic heterocycles. The Morgan fingerprint density at radius 3 is 2.55 bits per heavy atom. The van der Waals surface area contributed by atoms with Gasteiger partial charge in [0.05, 0.1) is 29.4 Å². The summed E-state index contributed by atoms with van der Waals surface area (Å²) in [4.78, 5) is 8.59. The minimum Gasteiger partial charge on any atom is -0.493 e. The third-order valence-corrected chi connectivity index (χ3v) is 5.43. The van der Waals surface area contributed by atoms with Gasteiger partial charge in [0.2, 0.25) is 0 Å². The first kappa shape index (κ1) is 25.2. The number of anilines is 2. The van der Waals surface area contributed by atoms with Crippen molar-refractivity contribution < 1.29 is 13.9 Å². The van der Waals surface area contributed by atoms with E-state index in [0.29, 0.717) is 28.2 Å². The molecule has 168 valence electrons. The molecular weight excluding hydrogens is 466 g/mol. The van der Waals surface area contributed by atoms with Crippen molar-refractivity contribution in [3.63, 3.8) is 0 Å². The summed E-state index contributed by atoms with van der Waals surface area (Å²) in [6, 6.07) is 8.62. The standard InChI is InChI=1S/C21H22ClFN4O2.2ClH/c1-28-18-10-17-14(9-19(18)29-13-7-5-12(24)6-8-13)21(26-11-25-17)27-16-4-2-3-15(22)20(16)23;;/h2-4,9-13H,5-8,24H2,1H3,(H,25,26,27);2*1H/t12-,13+;;. The Morgan fingerprint density at radius 1 is 1.10 bits per heavy atom. The molecular formula is C21H24Cl3FN4O2. The molecule has 0 aliphatic heterocycles. The summed E-state index contributed by atoms with van der Waals surface area (Å²) < 4.78 is 26.1. The van der Waals surface area contributed by atoms with Crippen LogP contribution >= 0.6 is 36.4 Å². The second-order valence-corrected chi connectivity index (χ2v) is 7.53. The van der Waals surface area contributed by atoms with E-state index >= 15 is 0 Å². The van der Waals surface area contributed by atoms with E-state index in [-0.39, 0.29) is 47.7 Å². The van der Waals surface area contributed by atoms with Gasteiger partial charge in [-0.2, -0.15) is 0 Å². The quantitative estimate of drug-likeness (QED) is 0.481. The minimum atomic E-state index is -0.538. The van der Waals surface area contributed by atoms with Crippen molar-refractivity contribution in [2.75, 3.05) is 12.4 Å². The van der Waals surface area contributed by atoms with E-state index in [1.165, 1.54) is 12.4 Å². The third-order valence-electron chi connectivity index (χ3n) is 5.14. The van der Waals surface area contributed by atoms with Crippen molar-refractivity contribution in [1.29, 1.82) is 0 Å². The lowest BCUT2D eigenvalue weighted by Gasteiger charge is -2.27. The zero-order chi connectivity index (χ0) is 20.4. The molecule has 0 atom stereocenters. The predicted octanol–water partition coefficient (Wildman–Crippen LogP) is 5.67. The molecule has 0 radical (unpaired) electrons. The average Bonchev–Trinajstić information content (AvgIpc) is 2.73. The second-order valence-electron chi connectivity index (χ2n) is 7.12. The lowest BCUT2D eigenvalue weighted by atomic mass is 9.94. The summed E-state index contributed by atoms with van der Waals surface area (Å²) in [5, 5.41) is 3.73. The van der Waals surface area contributed by atoms with Crippen molar-refractivity contribution in [1.82, 2.24) is 9.97 Å². The van der Waals surface area contributed by atoms with E-state index in [2.05, 4.69) is 15.3 Å². The molecule has 4 rings (SSSR count). The van der Waals surface area contributed by atoms with E-state index < -0.39 is 5.82 Å². The van der Waals surface area contributed by atoms with Gasteiger partial charge in [0.25, 0.3) is 0 Å². The van der Waals surface area contributed by atoms with Gasteiger partial charge in [0.15, 0.2) is 17.3 Å². The average molecular weight is 490 g/mol. The van der Waals surface area contributed by atoms with Gasteiger partial charge >= 0.3 is 0 Å². The molecule has 1 aliphatic rings. The van der Waals surface area contributed by atoms with Crippen LogP contribution in [0.2, 0.25) is 5.02 Å². The molecule has 0 spiro atoms. The van der Waals surface area contributed by atoms with Crippen molar-refractivity contribution in [3.8, 4) is 11.5 Å². The van der Waals surface area contributed by atoms with E-state index in [9.17, 15) is 4.39 Å². The molecule has 0 saturated heterocycles. The number of ether oxygens (including phenoxy) is 2. The van der Waals surface area contributed by atoms with Crippen LogP contribution in [0, 0.1) is 5.82 Å². The highest BCUT2D eigenvalue weighted by atomic mass is 35.5. The number of methoxy groups -OCH3 is 1. The van der Waals surface area contributed by atoms with Crippen molar-refractivity contribution in [2.45, 2.75) is 37.8 Å². The summed E-state index contributed by atoms with van der Waals surface area (Å²) in [5.74, 6) is 1.11. The van der Waals surface area contributed by atoms with E-state index in [0.717, 1.165) is 25.7 Å². The number of nitrogens with one attached hydrogen (secondary N) is 1. The fourth-order valence-electron chi connectivity index (χ4n) is 3.53. The summed E-state index contributed by atoms with van der Waals surface area (Å²) in [6.07, 6.45) is 5.15. The van der Waals surface area contributed by atoms with Gasteiger partial charge in [-0.15, -0.1) is 24.8 Å². The molecule has 1 aliphatic carbocycles. The number of halogens is 4. The summed E-state index contributed by atoms with van der Waals surface area (Å²) in [7, 11) is 1.59. The molecule has 3 aromatic rings. The van der Waals surface area contributed by atoms with Crippen LogP contribution in [0.25, 0.3) is 10.9 Å². The van der Waals surface area contributed by atoms with Gasteiger partial charge in [-0.1, -0.05) is 17.7 Å². The molecule has 2 aromatic carbocycles. The largest absolute Gasteiger partial charge is 0.493 e. The molecule has 10 heteroatoms. The normalized spacial score (nSPS) is 17.9. The zero-order valence-corrected chi connectivity index (χ0v) is 19.2. The fraction of sp³-hybridized carbons (Fsp3) is 0.333. The first-order valence-corrected chi connectivity index (χ1v) is 9.89. The predicted molar refractivity (Wildman–Crippen MR) is 126 cm³/mol. The first-order valence-electron chi connectivity index (χ1n) is 9.51. The van der Waals surface area contributed by atoms with Crippen LogP contribution in [-0.4, -0.2) is 29.2 Å². The Labute approximate surface area is 197 Å². The molecule has 3 N–H and O–H groups in total. The van der Waals surface area contributed by atoms with Gasteiger partial charge in [-0.05, 0) is 43.9 Å². The zero-order valence-electron chi connectivity index (χ0n) is 16.8. The number of aromatic nitrogens is 2. The number of hydrogen-bond donors (Lipinski definition) is 2. The van der Waals surface area contributed by atoms with Crippen LogP contribution in [-0.2, 0) is 0 Å². The summed E-state index contributed by atoms with van der Waals surface area (Å²) in [5.41, 5.74) is 6.88. The van der Waals surface area contributed by atoms with Crippen molar-refractivity contribution in [3.05, 3.63) is 47.5 Å². The topological polar surface area (TPSA) is 82.3 Å². The number of benzene rings is 2. The van der Waals surface area contributed by atoms with E-state index in [1.54, 1.807) is 25.3 Å². The number of nitrogens with two attached hydrogens (primary N) is 1. The molecule has 0 unspecified atom stereocenters. The highest BCUT2D eigenvalue weighted by Crippen LogP contribution is 2.37. The van der Waals surface area contributed by atoms with E-state index in [1.807, 2.05) is 6.07 Å². The van der Waals surface area contributed by atoms with Gasteiger partial charge in [0, 0.05) is 17.5 Å². The lowest BCUT2D eigenvalue weighted by Crippen LogP contribution is -2.31. The van der Waals surface area contributed by atoms with Crippen LogP contribution < -0.4 is 20.5 Å². The number of rotatable bonds is 5. The summed E-state index contributed by atoms with van der Waals surface area (Å²) >= 11 is 5.89. The maximum absolute atomic E-state index is 14.3. The van der Waals surface area contributed by atoms with Crippen molar-refractivity contribution >= 4 is 58.8 Å². The Balaban J connectivity index is 0.00000171. The molecule has 31 heavy (non-hydrogen) atoms. The molecule has 0 amide bonds. The van der Waals surface area contributed by atoms with Crippen LogP contribution in [0.3, 0.4) is 0 Å². The number of nitrogens with zero attached hydrogens (tertiary/aromatic N) is 2. The Morgan fingerprint density at radius 2 is 1.84 bits per heavy atom. The van der Waals surface area contributed by atoms with Gasteiger partial charge in [0.1, 0.15) is 12.1 Å². The van der Waals surface area contributed by atoms with E-state index in [4.69, 9.17) is 26.8 Å². The first-order chi connectivity index (χ1) is 14.0. The molecule has 1 fully saturated rings. The molecule has 6 nitrogen and oxygen atoms in total. The smallest absolute Gasteiger partial charge is 0.165 e. The third kappa shape index (κ3) is 5.60. The maximum Gasteiger partial charge on any atom is 0.165 e. The Bertz CT molecular complexity index is 1030. The highest BCUT2D eigenvalue weighted by molar-refractivity contribution is 6.31. The Kier molecular flexibility index (Phi) is 8.94. The molecule has 1 saturated carbocycles. The lowest BCUT2D eigenvalue weighted by molar-refractivity contribution is 0.142. The van der Waals surface area contributed by atoms with Crippen molar-refractivity contribution in [2.24, 2.45) is 5.73 Å². The van der Waals surface area contributed by atoms with Gasteiger partial charge in [-0.3, -0.25) is 0 Å². The minimum absolute atomic E-state index is 0. The number of hydrogen-bond acceptors (Lipinski definition) is 6. The fourth-order valence-corrected chi connectivity index (χ4v) is 3.70. The highest BCUT2D eigenvalue weighted by Gasteiger charge is 2.22. The number of fused-ring (bicyclic) bond motifs is 1. The van der Waals surface area contributed by atoms with Crippen LogP contribution in [0.4, 0.5) is 15.9 Å². The van der Waals surface area contributed by atoms with Gasteiger partial charge in [-0.25, -0.2) is 14.4 Å². The molecule has 1 heterocycles. The van der Waals surface area contributed by atoms with Gasteiger partial charge < -0.3 is 20.5 Å². The van der Waals surface area contributed by atoms with Crippen LogP contribution in [0.5, 0.6) is 11.5 Å². The van der Waals surface area contributed by atoms with Crippen LogP contribution in [0.15, 0.2) is 36.7 Å². The maximum atomic E-state index is 14.3. The summed E-state index contributed by atoms with van der Waals surface area (Å²) in [6.45, 7) is 0. The Hall–Kier alpha value is -2.06. The SMILES string of the molecule is COc1cc2ncnc(Nc3cccc(Cl)c3F)c2cc1O[C@H]1CC[C@@H](N)CC1.Cl.Cl. The second kappa shape index (κ2) is 11.0. The van der Waals surface area contributed by atoms with Crippen LogP contribution in [0.1, 0.15) is 25.7 Å².